The van der Waals surface area contributed by atoms with E-state index < -0.39 is 11.9 Å². The van der Waals surface area contributed by atoms with E-state index in [0.29, 0.717) is 18.5 Å². The fourth-order valence-electron chi connectivity index (χ4n) is 2.74. The summed E-state index contributed by atoms with van der Waals surface area (Å²) in [5.74, 6) is -1.05. The van der Waals surface area contributed by atoms with Crippen LogP contribution in [0.15, 0.2) is 0 Å². The first kappa shape index (κ1) is 16.9. The molecule has 0 heterocycles. The minimum absolute atomic E-state index is 0.148. The molecule has 0 spiro atoms. The second kappa shape index (κ2) is 8.92. The molecule has 1 unspecified atom stereocenters. The number of hydrogen-bond donors (Lipinski definition) is 4. The Morgan fingerprint density at radius 2 is 1.75 bits per heavy atom. The van der Waals surface area contributed by atoms with Crippen LogP contribution in [0, 0.1) is 11.8 Å². The molecule has 1 rings (SSSR count). The Balaban J connectivity index is 2.07. The molecule has 20 heavy (non-hydrogen) atoms. The van der Waals surface area contributed by atoms with Gasteiger partial charge in [0.1, 0.15) is 0 Å². The van der Waals surface area contributed by atoms with Crippen molar-refractivity contribution in [3.05, 3.63) is 0 Å². The average Bonchev–Trinajstić information content (AvgIpc) is 2.42. The minimum Gasteiger partial charge on any atom is -0.481 e. The molecular weight excluding hydrogens is 260 g/mol. The van der Waals surface area contributed by atoms with Gasteiger partial charge in [-0.05, 0) is 38.5 Å². The predicted molar refractivity (Wildman–Crippen MR) is 75.7 cm³/mol. The summed E-state index contributed by atoms with van der Waals surface area (Å²) in [6.07, 6.45) is 3.65. The summed E-state index contributed by atoms with van der Waals surface area (Å²) in [6, 6.07) is 0.381. The van der Waals surface area contributed by atoms with Gasteiger partial charge in [0.05, 0.1) is 12.3 Å². The zero-order valence-electron chi connectivity index (χ0n) is 12.1. The summed E-state index contributed by atoms with van der Waals surface area (Å²) in [4.78, 5) is 21.2. The summed E-state index contributed by atoms with van der Waals surface area (Å²) in [7, 11) is 0. The fraction of sp³-hybridized carbons (Fsp3) is 0.857. The zero-order valence-corrected chi connectivity index (χ0v) is 12.1. The van der Waals surface area contributed by atoms with Crippen molar-refractivity contribution >= 4 is 11.9 Å². The molecule has 0 bridgehead atoms. The van der Waals surface area contributed by atoms with Gasteiger partial charge in [-0.3, -0.25) is 9.59 Å². The van der Waals surface area contributed by atoms with Gasteiger partial charge in [-0.15, -0.1) is 0 Å². The number of nitrogens with one attached hydrogen (secondary N) is 2. The summed E-state index contributed by atoms with van der Waals surface area (Å²) in [6.45, 7) is 4.19. The van der Waals surface area contributed by atoms with Gasteiger partial charge in [-0.1, -0.05) is 0 Å². The van der Waals surface area contributed by atoms with E-state index in [1.165, 1.54) is 0 Å². The highest BCUT2D eigenvalue weighted by atomic mass is 16.4. The lowest BCUT2D eigenvalue weighted by Crippen LogP contribution is -2.40. The zero-order chi connectivity index (χ0) is 15.0. The normalized spacial score (nSPS) is 24.2. The Morgan fingerprint density at radius 3 is 2.30 bits per heavy atom. The van der Waals surface area contributed by atoms with Gasteiger partial charge >= 0.3 is 11.9 Å². The van der Waals surface area contributed by atoms with Crippen molar-refractivity contribution < 1.29 is 19.8 Å². The van der Waals surface area contributed by atoms with Gasteiger partial charge in [0.15, 0.2) is 0 Å². The van der Waals surface area contributed by atoms with Crippen molar-refractivity contribution in [3.63, 3.8) is 0 Å². The van der Waals surface area contributed by atoms with Crippen LogP contribution in [0.3, 0.4) is 0 Å². The van der Waals surface area contributed by atoms with E-state index in [0.717, 1.165) is 38.8 Å². The second-order valence-electron chi connectivity index (χ2n) is 5.59. The lowest BCUT2D eigenvalue weighted by atomic mass is 9.79. The maximum Gasteiger partial charge on any atom is 0.306 e. The first-order chi connectivity index (χ1) is 9.50. The first-order valence-electron chi connectivity index (χ1n) is 7.39. The summed E-state index contributed by atoms with van der Waals surface area (Å²) < 4.78 is 0. The molecule has 0 amide bonds. The van der Waals surface area contributed by atoms with Gasteiger partial charge in [0, 0.05) is 25.7 Å². The van der Waals surface area contributed by atoms with E-state index in [-0.39, 0.29) is 12.3 Å². The standard InChI is InChI=1S/C14H26N2O4/c1-10(16-9-8-15-7-6-13(17)18)11-2-4-12(5-3-11)14(19)20/h10-12,15-16H,2-9H2,1H3,(H,17,18)(H,19,20). The molecule has 0 saturated heterocycles. The van der Waals surface area contributed by atoms with E-state index >= 15 is 0 Å². The van der Waals surface area contributed by atoms with E-state index in [9.17, 15) is 9.59 Å². The molecular formula is C14H26N2O4. The Morgan fingerprint density at radius 1 is 1.10 bits per heavy atom. The highest BCUT2D eigenvalue weighted by molar-refractivity contribution is 5.70. The van der Waals surface area contributed by atoms with Crippen molar-refractivity contribution in [1.82, 2.24) is 10.6 Å². The van der Waals surface area contributed by atoms with E-state index in [2.05, 4.69) is 17.6 Å². The average molecular weight is 286 g/mol. The molecule has 1 fully saturated rings. The molecule has 1 atom stereocenters. The summed E-state index contributed by atoms with van der Waals surface area (Å²) >= 11 is 0. The van der Waals surface area contributed by atoms with Gasteiger partial charge < -0.3 is 20.8 Å². The van der Waals surface area contributed by atoms with Crippen LogP contribution in [-0.2, 0) is 9.59 Å². The van der Waals surface area contributed by atoms with Crippen LogP contribution < -0.4 is 10.6 Å². The number of rotatable bonds is 9. The molecule has 1 aliphatic carbocycles. The highest BCUT2D eigenvalue weighted by Crippen LogP contribution is 2.30. The van der Waals surface area contributed by atoms with Crippen LogP contribution in [0.5, 0.6) is 0 Å². The van der Waals surface area contributed by atoms with Crippen LogP contribution in [-0.4, -0.2) is 47.8 Å². The van der Waals surface area contributed by atoms with E-state index in [4.69, 9.17) is 10.2 Å². The quantitative estimate of drug-likeness (QED) is 0.470. The lowest BCUT2D eigenvalue weighted by Gasteiger charge is -2.31. The van der Waals surface area contributed by atoms with Gasteiger partial charge in [-0.25, -0.2) is 0 Å². The van der Waals surface area contributed by atoms with Crippen LogP contribution >= 0.6 is 0 Å². The maximum atomic E-state index is 10.9. The molecule has 6 nitrogen and oxygen atoms in total. The molecule has 0 radical (unpaired) electrons. The van der Waals surface area contributed by atoms with Gasteiger partial charge in [0.25, 0.3) is 0 Å². The topological polar surface area (TPSA) is 98.7 Å². The second-order valence-corrected chi connectivity index (χ2v) is 5.59. The molecule has 0 aliphatic heterocycles. The molecule has 4 N–H and O–H groups in total. The molecule has 116 valence electrons. The Hall–Kier alpha value is -1.14. The number of aliphatic carboxylic acids is 2. The van der Waals surface area contributed by atoms with Crippen molar-refractivity contribution in [3.8, 4) is 0 Å². The molecule has 0 aromatic carbocycles. The van der Waals surface area contributed by atoms with Crippen LogP contribution in [0.2, 0.25) is 0 Å². The largest absolute Gasteiger partial charge is 0.481 e. The van der Waals surface area contributed by atoms with Crippen molar-refractivity contribution in [2.24, 2.45) is 11.8 Å². The maximum absolute atomic E-state index is 10.9. The Bertz CT molecular complexity index is 314. The number of carbonyl (C=O) groups is 2. The number of hydrogen-bond acceptors (Lipinski definition) is 4. The van der Waals surface area contributed by atoms with E-state index in [1.54, 1.807) is 0 Å². The summed E-state index contributed by atoms with van der Waals surface area (Å²) in [5.41, 5.74) is 0. The summed E-state index contributed by atoms with van der Waals surface area (Å²) in [5, 5.41) is 24.0. The van der Waals surface area contributed by atoms with Gasteiger partial charge in [0.2, 0.25) is 0 Å². The molecule has 1 aliphatic rings. The van der Waals surface area contributed by atoms with Crippen LogP contribution in [0.4, 0.5) is 0 Å². The Kier molecular flexibility index (Phi) is 7.54. The monoisotopic (exact) mass is 286 g/mol. The lowest BCUT2D eigenvalue weighted by molar-refractivity contribution is -0.143. The molecule has 1 saturated carbocycles. The fourth-order valence-corrected chi connectivity index (χ4v) is 2.74. The van der Waals surface area contributed by atoms with Crippen LogP contribution in [0.1, 0.15) is 39.0 Å². The van der Waals surface area contributed by atoms with Crippen LogP contribution in [0.25, 0.3) is 0 Å². The smallest absolute Gasteiger partial charge is 0.306 e. The SMILES string of the molecule is CC(NCCNCCC(=O)O)C1CCC(C(=O)O)CC1. The van der Waals surface area contributed by atoms with Gasteiger partial charge in [-0.2, -0.15) is 0 Å². The van der Waals surface area contributed by atoms with Crippen molar-refractivity contribution in [1.29, 1.82) is 0 Å². The molecule has 0 aromatic heterocycles. The third-order valence-corrected chi connectivity index (χ3v) is 4.11. The third kappa shape index (κ3) is 6.34. The number of carboxylic acid groups (broad SMARTS) is 2. The van der Waals surface area contributed by atoms with Crippen molar-refractivity contribution in [2.45, 2.75) is 45.1 Å². The molecule has 6 heteroatoms. The first-order valence-corrected chi connectivity index (χ1v) is 7.39. The molecule has 0 aromatic rings. The van der Waals surface area contributed by atoms with E-state index in [1.807, 2.05) is 0 Å². The Labute approximate surface area is 119 Å². The predicted octanol–water partition coefficient (Wildman–Crippen LogP) is 0.920. The number of carboxylic acids is 2. The minimum atomic E-state index is -0.783. The van der Waals surface area contributed by atoms with Crippen molar-refractivity contribution in [2.75, 3.05) is 19.6 Å². The highest BCUT2D eigenvalue weighted by Gasteiger charge is 2.28. The third-order valence-electron chi connectivity index (χ3n) is 4.11.